The molecule has 0 aromatic heterocycles. The zero-order chi connectivity index (χ0) is 25.9. The fourth-order valence-electron chi connectivity index (χ4n) is 2.70. The number of hydrogen-bond donors (Lipinski definition) is 0. The van der Waals surface area contributed by atoms with Crippen LogP contribution in [0.15, 0.2) is 53.5 Å². The van der Waals surface area contributed by atoms with E-state index in [1.165, 1.54) is 0 Å². The molecule has 0 saturated carbocycles. The lowest BCUT2D eigenvalue weighted by Gasteiger charge is -2.22. The van der Waals surface area contributed by atoms with Gasteiger partial charge in [0.2, 0.25) is 0 Å². The molecule has 0 bridgehead atoms. The maximum absolute atomic E-state index is 13.0. The number of ether oxygens (including phenoxy) is 2. The van der Waals surface area contributed by atoms with Crippen LogP contribution in [0.3, 0.4) is 0 Å². The molecule has 11 heteroatoms. The molecule has 184 valence electrons. The van der Waals surface area contributed by atoms with Gasteiger partial charge < -0.3 is 9.47 Å². The van der Waals surface area contributed by atoms with Crippen LogP contribution in [-0.4, -0.2) is 29.5 Å². The molecule has 34 heavy (non-hydrogen) atoms. The Kier molecular flexibility index (Phi) is 7.80. The van der Waals surface area contributed by atoms with Crippen LogP contribution >= 0.6 is 0 Å². The van der Waals surface area contributed by atoms with Crippen LogP contribution in [0.25, 0.3) is 0 Å². The average Bonchev–Trinajstić information content (AvgIpc) is 2.68. The third-order valence-corrected chi connectivity index (χ3v) is 4.10. The van der Waals surface area contributed by atoms with E-state index in [2.05, 4.69) is 4.99 Å². The predicted molar refractivity (Wildman–Crippen MR) is 110 cm³/mol. The molecule has 0 N–H and O–H groups in total. The van der Waals surface area contributed by atoms with Crippen molar-refractivity contribution < 1.29 is 45.4 Å². The van der Waals surface area contributed by atoms with Crippen LogP contribution in [0, 0.1) is 0 Å². The average molecular weight is 489 g/mol. The lowest BCUT2D eigenvalue weighted by molar-refractivity contribution is -0.174. The number of nitrogens with zero attached hydrogens (tertiary/aromatic N) is 1. The number of aliphatic imine (C=N–C) groups is 1. The fourth-order valence-corrected chi connectivity index (χ4v) is 2.70. The fraction of sp³-hybridized carbons (Fsp3) is 0.348. The maximum atomic E-state index is 13.0. The summed E-state index contributed by atoms with van der Waals surface area (Å²) in [5, 5.41) is 0. The molecule has 0 aliphatic rings. The van der Waals surface area contributed by atoms with E-state index < -0.39 is 47.2 Å². The first-order valence-corrected chi connectivity index (χ1v) is 9.80. The summed E-state index contributed by atoms with van der Waals surface area (Å²) < 4.78 is 87.9. The SMILES string of the molecule is CC(=O)OC(N=C(c1ccc(C(F)(F)F)cc1)c1ccc(C(F)(F)F)cc1)C(=O)OC(C)(C)C. The topological polar surface area (TPSA) is 65.0 Å². The van der Waals surface area contributed by atoms with E-state index in [-0.39, 0.29) is 16.8 Å². The number of alkyl halides is 6. The minimum Gasteiger partial charge on any atom is -0.456 e. The highest BCUT2D eigenvalue weighted by molar-refractivity contribution is 6.13. The van der Waals surface area contributed by atoms with E-state index in [1.807, 2.05) is 0 Å². The standard InChI is InChI=1S/C23H21F6NO4/c1-13(31)33-19(20(32)34-21(2,3)4)30-18(14-5-9-16(10-6-14)22(24,25)26)15-7-11-17(12-8-15)23(27,28)29/h5-12,19H,1-4H3. The highest BCUT2D eigenvalue weighted by atomic mass is 19.4. The van der Waals surface area contributed by atoms with Crippen molar-refractivity contribution in [3.05, 3.63) is 70.8 Å². The third-order valence-electron chi connectivity index (χ3n) is 4.10. The molecule has 0 aliphatic carbocycles. The van der Waals surface area contributed by atoms with E-state index in [1.54, 1.807) is 20.8 Å². The Bertz CT molecular complexity index is 990. The molecule has 2 aromatic carbocycles. The molecule has 1 atom stereocenters. The quantitative estimate of drug-likeness (QED) is 0.303. The molecule has 0 aliphatic heterocycles. The summed E-state index contributed by atoms with van der Waals surface area (Å²) in [6, 6.07) is 7.18. The Morgan fingerprint density at radius 1 is 0.765 bits per heavy atom. The summed E-state index contributed by atoms with van der Waals surface area (Å²) >= 11 is 0. The number of halogens is 6. The lowest BCUT2D eigenvalue weighted by Crippen LogP contribution is -2.34. The van der Waals surface area contributed by atoms with Gasteiger partial charge in [-0.15, -0.1) is 0 Å². The molecule has 1 unspecified atom stereocenters. The third kappa shape index (κ3) is 7.60. The zero-order valence-corrected chi connectivity index (χ0v) is 18.5. The number of carbonyl (C=O) groups excluding carboxylic acids is 2. The summed E-state index contributed by atoms with van der Waals surface area (Å²) in [7, 11) is 0. The number of benzene rings is 2. The molecule has 0 radical (unpaired) electrons. The number of esters is 2. The lowest BCUT2D eigenvalue weighted by atomic mass is 9.99. The summed E-state index contributed by atoms with van der Waals surface area (Å²) in [5.41, 5.74) is -3.03. The normalized spacial score (nSPS) is 13.1. The van der Waals surface area contributed by atoms with E-state index in [9.17, 15) is 35.9 Å². The summed E-state index contributed by atoms with van der Waals surface area (Å²) in [6.45, 7) is 5.65. The van der Waals surface area contributed by atoms with Gasteiger partial charge in [0.15, 0.2) is 0 Å². The van der Waals surface area contributed by atoms with E-state index in [4.69, 9.17) is 9.47 Å². The Morgan fingerprint density at radius 2 is 1.15 bits per heavy atom. The minimum absolute atomic E-state index is 0.0356. The second kappa shape index (κ2) is 9.86. The molecule has 5 nitrogen and oxygen atoms in total. The number of carbonyl (C=O) groups is 2. The van der Waals surface area contributed by atoms with Gasteiger partial charge in [-0.3, -0.25) is 4.79 Å². The van der Waals surface area contributed by atoms with Crippen LogP contribution in [-0.2, 0) is 31.4 Å². The Hall–Kier alpha value is -3.37. The van der Waals surface area contributed by atoms with Gasteiger partial charge in [-0.2, -0.15) is 26.3 Å². The van der Waals surface area contributed by atoms with Crippen molar-refractivity contribution in [1.82, 2.24) is 0 Å². The molecule has 0 amide bonds. The monoisotopic (exact) mass is 489 g/mol. The second-order valence-electron chi connectivity index (χ2n) is 8.12. The van der Waals surface area contributed by atoms with Crippen molar-refractivity contribution in [3.63, 3.8) is 0 Å². The molecule has 0 heterocycles. The van der Waals surface area contributed by atoms with Crippen molar-refractivity contribution >= 4 is 17.7 Å². The van der Waals surface area contributed by atoms with Gasteiger partial charge >= 0.3 is 24.3 Å². The minimum atomic E-state index is -4.62. The largest absolute Gasteiger partial charge is 0.456 e. The van der Waals surface area contributed by atoms with Crippen molar-refractivity contribution in [3.8, 4) is 0 Å². The summed E-state index contributed by atoms with van der Waals surface area (Å²) in [6.07, 6.45) is -11.1. The second-order valence-corrected chi connectivity index (χ2v) is 8.12. The van der Waals surface area contributed by atoms with Crippen molar-refractivity contribution in [2.24, 2.45) is 4.99 Å². The van der Waals surface area contributed by atoms with Gasteiger partial charge in [0.1, 0.15) is 5.60 Å². The molecular formula is C23H21F6NO4. The first kappa shape index (κ1) is 26.9. The van der Waals surface area contributed by atoms with E-state index >= 15 is 0 Å². The zero-order valence-electron chi connectivity index (χ0n) is 18.5. The Balaban J connectivity index is 2.63. The highest BCUT2D eigenvalue weighted by Gasteiger charge is 2.32. The van der Waals surface area contributed by atoms with Crippen LogP contribution < -0.4 is 0 Å². The summed E-state index contributed by atoms with van der Waals surface area (Å²) in [4.78, 5) is 28.2. The van der Waals surface area contributed by atoms with Crippen LogP contribution in [0.1, 0.15) is 49.9 Å². The van der Waals surface area contributed by atoms with Gasteiger partial charge in [0.25, 0.3) is 6.23 Å². The predicted octanol–water partition coefficient (Wildman–Crippen LogP) is 5.79. The number of hydrogen-bond acceptors (Lipinski definition) is 5. The molecule has 2 aromatic rings. The van der Waals surface area contributed by atoms with E-state index in [0.29, 0.717) is 0 Å². The van der Waals surface area contributed by atoms with Gasteiger partial charge in [-0.1, -0.05) is 24.3 Å². The smallest absolute Gasteiger partial charge is 0.416 e. The van der Waals surface area contributed by atoms with Gasteiger partial charge in [-0.25, -0.2) is 9.79 Å². The number of rotatable bonds is 5. The van der Waals surface area contributed by atoms with Crippen LogP contribution in [0.2, 0.25) is 0 Å². The van der Waals surface area contributed by atoms with E-state index in [0.717, 1.165) is 55.5 Å². The Labute approximate surface area is 191 Å². The molecule has 2 rings (SSSR count). The maximum Gasteiger partial charge on any atom is 0.416 e. The summed E-state index contributed by atoms with van der Waals surface area (Å²) in [5.74, 6) is -1.97. The molecular weight excluding hydrogens is 468 g/mol. The van der Waals surface area contributed by atoms with Crippen LogP contribution in [0.4, 0.5) is 26.3 Å². The molecule has 0 saturated heterocycles. The van der Waals surface area contributed by atoms with Gasteiger partial charge in [-0.05, 0) is 45.0 Å². The van der Waals surface area contributed by atoms with Crippen molar-refractivity contribution in [1.29, 1.82) is 0 Å². The Morgan fingerprint density at radius 3 is 1.44 bits per heavy atom. The highest BCUT2D eigenvalue weighted by Crippen LogP contribution is 2.31. The first-order chi connectivity index (χ1) is 15.5. The molecule has 0 fully saturated rings. The first-order valence-electron chi connectivity index (χ1n) is 9.80. The molecule has 0 spiro atoms. The van der Waals surface area contributed by atoms with Crippen molar-refractivity contribution in [2.45, 2.75) is 51.9 Å². The van der Waals surface area contributed by atoms with Gasteiger partial charge in [0, 0.05) is 18.1 Å². The van der Waals surface area contributed by atoms with Crippen LogP contribution in [0.5, 0.6) is 0 Å². The van der Waals surface area contributed by atoms with Crippen molar-refractivity contribution in [2.75, 3.05) is 0 Å². The van der Waals surface area contributed by atoms with Gasteiger partial charge in [0.05, 0.1) is 16.8 Å².